The lowest BCUT2D eigenvalue weighted by Gasteiger charge is -2.03. The highest BCUT2D eigenvalue weighted by molar-refractivity contribution is 6.36. The van der Waals surface area contributed by atoms with E-state index in [1.807, 2.05) is 0 Å². The van der Waals surface area contributed by atoms with Crippen LogP contribution in [0.2, 0.25) is 0 Å². The molecule has 0 radical (unpaired) electrons. The minimum atomic E-state index is -1.59. The van der Waals surface area contributed by atoms with E-state index in [0.29, 0.717) is 6.29 Å². The molecule has 0 unspecified atom stereocenters. The molecule has 0 aromatic heterocycles. The maximum atomic E-state index is 10.8. The van der Waals surface area contributed by atoms with E-state index < -0.39 is 11.9 Å². The molecule has 2 N–H and O–H groups in total. The van der Waals surface area contributed by atoms with Gasteiger partial charge in [-0.1, -0.05) is 12.1 Å². The Morgan fingerprint density at radius 3 is 2.50 bits per heavy atom. The summed E-state index contributed by atoms with van der Waals surface area (Å²) in [5.74, 6) is -2.76. The first kappa shape index (κ1) is 9.91. The molecule has 72 valence electrons. The van der Waals surface area contributed by atoms with Crippen LogP contribution in [-0.4, -0.2) is 23.3 Å². The van der Waals surface area contributed by atoms with E-state index in [1.165, 1.54) is 12.1 Å². The second-order valence-corrected chi connectivity index (χ2v) is 2.46. The van der Waals surface area contributed by atoms with Gasteiger partial charge in [0.15, 0.2) is 6.29 Å². The van der Waals surface area contributed by atoms with Crippen LogP contribution < -0.4 is 5.32 Å². The predicted octanol–water partition coefficient (Wildman–Crippen LogP) is 0.522. The fourth-order valence-corrected chi connectivity index (χ4v) is 0.889. The monoisotopic (exact) mass is 193 g/mol. The number of carboxylic acid groups (broad SMARTS) is 1. The van der Waals surface area contributed by atoms with Crippen LogP contribution in [0.25, 0.3) is 0 Å². The number of carbonyl (C=O) groups excluding carboxylic acids is 2. The van der Waals surface area contributed by atoms with Crippen LogP contribution in [0.4, 0.5) is 5.69 Å². The number of carbonyl (C=O) groups is 3. The molecule has 0 heterocycles. The molecular formula is C9H7NO4. The van der Waals surface area contributed by atoms with Crippen LogP contribution in [0.15, 0.2) is 24.3 Å². The number of hydrogen-bond acceptors (Lipinski definition) is 3. The second kappa shape index (κ2) is 4.18. The maximum Gasteiger partial charge on any atom is 0.394 e. The Bertz CT molecular complexity index is 386. The summed E-state index contributed by atoms with van der Waals surface area (Å²) >= 11 is 0. The molecule has 0 aliphatic rings. The van der Waals surface area contributed by atoms with Gasteiger partial charge in [-0.2, -0.15) is 0 Å². The molecule has 1 amide bonds. The molecule has 1 rings (SSSR count). The van der Waals surface area contributed by atoms with Crippen molar-refractivity contribution in [1.29, 1.82) is 0 Å². The summed E-state index contributed by atoms with van der Waals surface area (Å²) < 4.78 is 0. The highest BCUT2D eigenvalue weighted by atomic mass is 16.4. The van der Waals surface area contributed by atoms with Gasteiger partial charge in [0.2, 0.25) is 0 Å². The molecule has 0 fully saturated rings. The van der Waals surface area contributed by atoms with Crippen LogP contribution in [0, 0.1) is 0 Å². The second-order valence-electron chi connectivity index (χ2n) is 2.46. The lowest BCUT2D eigenvalue weighted by atomic mass is 10.2. The number of nitrogens with one attached hydrogen (secondary N) is 1. The summed E-state index contributed by atoms with van der Waals surface area (Å²) in [5.41, 5.74) is 0.428. The number of benzene rings is 1. The third kappa shape index (κ3) is 2.16. The first-order valence-electron chi connectivity index (χ1n) is 3.73. The summed E-state index contributed by atoms with van der Waals surface area (Å²) in [6.07, 6.45) is 0.539. The van der Waals surface area contributed by atoms with Gasteiger partial charge in [0.1, 0.15) is 0 Å². The molecular weight excluding hydrogens is 186 g/mol. The Morgan fingerprint density at radius 2 is 1.93 bits per heavy atom. The van der Waals surface area contributed by atoms with E-state index in [9.17, 15) is 14.4 Å². The molecule has 0 aliphatic carbocycles. The van der Waals surface area contributed by atoms with Crippen molar-refractivity contribution in [2.45, 2.75) is 0 Å². The highest BCUT2D eigenvalue weighted by Crippen LogP contribution is 2.11. The molecule has 14 heavy (non-hydrogen) atoms. The zero-order chi connectivity index (χ0) is 10.6. The summed E-state index contributed by atoms with van der Waals surface area (Å²) in [6, 6.07) is 6.12. The van der Waals surface area contributed by atoms with Crippen LogP contribution >= 0.6 is 0 Å². The fourth-order valence-electron chi connectivity index (χ4n) is 0.889. The van der Waals surface area contributed by atoms with E-state index in [4.69, 9.17) is 5.11 Å². The van der Waals surface area contributed by atoms with Gasteiger partial charge >= 0.3 is 11.9 Å². The summed E-state index contributed by atoms with van der Waals surface area (Å²) in [6.45, 7) is 0. The molecule has 5 nitrogen and oxygen atoms in total. The third-order valence-electron chi connectivity index (χ3n) is 1.53. The summed E-state index contributed by atoms with van der Waals surface area (Å²) in [7, 11) is 0. The summed E-state index contributed by atoms with van der Waals surface area (Å²) in [4.78, 5) is 31.4. The van der Waals surface area contributed by atoms with Gasteiger partial charge in [0, 0.05) is 5.56 Å². The van der Waals surface area contributed by atoms with Gasteiger partial charge in [0.05, 0.1) is 5.69 Å². The van der Waals surface area contributed by atoms with Crippen molar-refractivity contribution < 1.29 is 19.5 Å². The molecule has 1 aromatic rings. The predicted molar refractivity (Wildman–Crippen MR) is 48.1 cm³/mol. The zero-order valence-corrected chi connectivity index (χ0v) is 7.06. The van der Waals surface area contributed by atoms with Crippen LogP contribution in [0.1, 0.15) is 10.4 Å². The van der Waals surface area contributed by atoms with E-state index in [2.05, 4.69) is 5.32 Å². The van der Waals surface area contributed by atoms with Gasteiger partial charge in [-0.15, -0.1) is 0 Å². The summed E-state index contributed by atoms with van der Waals surface area (Å²) in [5, 5.41) is 10.4. The molecule has 0 saturated carbocycles. The Hall–Kier alpha value is -2.17. The number of amides is 1. The first-order valence-corrected chi connectivity index (χ1v) is 3.73. The Kier molecular flexibility index (Phi) is 2.96. The number of aldehydes is 1. The van der Waals surface area contributed by atoms with E-state index in [-0.39, 0.29) is 11.3 Å². The minimum Gasteiger partial charge on any atom is -0.474 e. The number of para-hydroxylation sites is 1. The molecule has 0 aliphatic heterocycles. The van der Waals surface area contributed by atoms with Gasteiger partial charge in [-0.25, -0.2) is 4.79 Å². The number of aliphatic carboxylic acids is 1. The molecule has 1 aromatic carbocycles. The molecule has 5 heteroatoms. The lowest BCUT2D eigenvalue weighted by Crippen LogP contribution is -2.22. The Morgan fingerprint density at radius 1 is 1.29 bits per heavy atom. The highest BCUT2D eigenvalue weighted by Gasteiger charge is 2.12. The van der Waals surface area contributed by atoms with Crippen molar-refractivity contribution in [2.75, 3.05) is 5.32 Å². The van der Waals surface area contributed by atoms with Gasteiger partial charge in [0.25, 0.3) is 0 Å². The molecule has 0 saturated heterocycles. The number of carboxylic acids is 1. The van der Waals surface area contributed by atoms with Crippen molar-refractivity contribution >= 4 is 23.9 Å². The average molecular weight is 193 g/mol. The Labute approximate surface area is 79.4 Å². The standard InChI is InChI=1S/C9H7NO4/c11-5-6-3-1-2-4-7(6)10-8(12)9(13)14/h1-5H,(H,10,12)(H,13,14). The van der Waals surface area contributed by atoms with Crippen LogP contribution in [0.3, 0.4) is 0 Å². The van der Waals surface area contributed by atoms with E-state index in [1.54, 1.807) is 12.1 Å². The van der Waals surface area contributed by atoms with Gasteiger partial charge in [-0.05, 0) is 12.1 Å². The SMILES string of the molecule is O=Cc1ccccc1NC(=O)C(=O)O. The minimum absolute atomic E-state index is 0.190. The van der Waals surface area contributed by atoms with Crippen LogP contribution in [0.5, 0.6) is 0 Å². The quantitative estimate of drug-likeness (QED) is 0.529. The van der Waals surface area contributed by atoms with Gasteiger partial charge < -0.3 is 10.4 Å². The average Bonchev–Trinajstić information content (AvgIpc) is 2.18. The fraction of sp³-hybridized carbons (Fsp3) is 0. The van der Waals surface area contributed by atoms with Crippen molar-refractivity contribution in [2.24, 2.45) is 0 Å². The van der Waals surface area contributed by atoms with E-state index >= 15 is 0 Å². The molecule has 0 spiro atoms. The number of anilines is 1. The van der Waals surface area contributed by atoms with Gasteiger partial charge in [-0.3, -0.25) is 9.59 Å². The molecule has 0 bridgehead atoms. The number of hydrogen-bond donors (Lipinski definition) is 2. The smallest absolute Gasteiger partial charge is 0.394 e. The van der Waals surface area contributed by atoms with Crippen molar-refractivity contribution in [3.05, 3.63) is 29.8 Å². The third-order valence-corrected chi connectivity index (χ3v) is 1.53. The Balaban J connectivity index is 2.91. The molecule has 0 atom stereocenters. The van der Waals surface area contributed by atoms with Crippen molar-refractivity contribution in [3.8, 4) is 0 Å². The zero-order valence-electron chi connectivity index (χ0n) is 7.06. The normalized spacial score (nSPS) is 9.14. The van der Waals surface area contributed by atoms with E-state index in [0.717, 1.165) is 0 Å². The maximum absolute atomic E-state index is 10.8. The topological polar surface area (TPSA) is 83.5 Å². The van der Waals surface area contributed by atoms with Crippen LogP contribution in [-0.2, 0) is 9.59 Å². The largest absolute Gasteiger partial charge is 0.474 e. The van der Waals surface area contributed by atoms with Crippen molar-refractivity contribution in [1.82, 2.24) is 0 Å². The lowest BCUT2D eigenvalue weighted by molar-refractivity contribution is -0.147. The number of rotatable bonds is 2. The first-order chi connectivity index (χ1) is 6.65. The van der Waals surface area contributed by atoms with Crippen molar-refractivity contribution in [3.63, 3.8) is 0 Å².